The van der Waals surface area contributed by atoms with Crippen molar-refractivity contribution in [1.82, 2.24) is 15.5 Å². The van der Waals surface area contributed by atoms with Gasteiger partial charge in [0, 0.05) is 12.4 Å². The first-order valence-corrected chi connectivity index (χ1v) is 6.78. The zero-order valence-electron chi connectivity index (χ0n) is 11.8. The fourth-order valence-electron chi connectivity index (χ4n) is 2.17. The summed E-state index contributed by atoms with van der Waals surface area (Å²) in [6.45, 7) is 0. The maximum Gasteiger partial charge on any atom is 0.290 e. The molecule has 116 valence electrons. The van der Waals surface area contributed by atoms with Crippen molar-refractivity contribution in [3.63, 3.8) is 0 Å². The number of nitrogens with zero attached hydrogens (tertiary/aromatic N) is 1. The number of rotatable bonds is 4. The largest absolute Gasteiger partial charge is 0.373 e. The van der Waals surface area contributed by atoms with E-state index in [0.717, 1.165) is 11.6 Å². The van der Waals surface area contributed by atoms with Crippen LogP contribution in [0.4, 0.5) is 4.39 Å². The Labute approximate surface area is 129 Å². The summed E-state index contributed by atoms with van der Waals surface area (Å²) in [7, 11) is 0. The standard InChI is InChI=1S/C16H12FN3O3/c17-12-3-1-10(2-4-12)15(11-5-7-18-8-6-11)19-16(22)13-9-14(21)20-23-13/h1-9,15H,(H,19,22)(H,20,21)/t15-/m1/s1. The molecule has 6 nitrogen and oxygen atoms in total. The Morgan fingerprint density at radius 3 is 2.39 bits per heavy atom. The summed E-state index contributed by atoms with van der Waals surface area (Å²) in [6.07, 6.45) is 3.18. The van der Waals surface area contributed by atoms with Gasteiger partial charge in [0.15, 0.2) is 0 Å². The predicted octanol–water partition coefficient (Wildman–Crippen LogP) is 2.02. The topological polar surface area (TPSA) is 88.0 Å². The Morgan fingerprint density at radius 1 is 1.13 bits per heavy atom. The Morgan fingerprint density at radius 2 is 1.78 bits per heavy atom. The number of aromatic amines is 1. The van der Waals surface area contributed by atoms with Crippen molar-refractivity contribution in [3.05, 3.63) is 87.9 Å². The summed E-state index contributed by atoms with van der Waals surface area (Å²) in [5.41, 5.74) is 0.944. The smallest absolute Gasteiger partial charge is 0.290 e. The molecule has 0 bridgehead atoms. The number of carbonyl (C=O) groups excluding carboxylic acids is 1. The van der Waals surface area contributed by atoms with Crippen molar-refractivity contribution < 1.29 is 13.7 Å². The SMILES string of the molecule is O=C(N[C@@H](c1ccncc1)c1ccc(F)cc1)c1cc(=O)[nH]o1. The van der Waals surface area contributed by atoms with E-state index in [1.54, 1.807) is 36.7 Å². The third-order valence-corrected chi connectivity index (χ3v) is 3.27. The molecule has 0 unspecified atom stereocenters. The molecule has 0 radical (unpaired) electrons. The monoisotopic (exact) mass is 313 g/mol. The minimum atomic E-state index is -0.561. The predicted molar refractivity (Wildman–Crippen MR) is 79.3 cm³/mol. The maximum atomic E-state index is 13.1. The quantitative estimate of drug-likeness (QED) is 0.771. The van der Waals surface area contributed by atoms with Crippen molar-refractivity contribution >= 4 is 5.91 Å². The van der Waals surface area contributed by atoms with Crippen LogP contribution in [-0.2, 0) is 0 Å². The lowest BCUT2D eigenvalue weighted by Crippen LogP contribution is -2.29. The zero-order chi connectivity index (χ0) is 16.2. The van der Waals surface area contributed by atoms with Gasteiger partial charge in [-0.1, -0.05) is 12.1 Å². The average molecular weight is 313 g/mol. The van der Waals surface area contributed by atoms with Crippen LogP contribution in [0, 0.1) is 5.82 Å². The van der Waals surface area contributed by atoms with Gasteiger partial charge in [-0.25, -0.2) is 4.39 Å². The number of pyridine rings is 1. The molecule has 0 aliphatic carbocycles. The summed E-state index contributed by atoms with van der Waals surface area (Å²) in [6, 6.07) is 9.78. The van der Waals surface area contributed by atoms with Crippen molar-refractivity contribution in [1.29, 1.82) is 0 Å². The van der Waals surface area contributed by atoms with E-state index in [9.17, 15) is 14.0 Å². The van der Waals surface area contributed by atoms with Crippen molar-refractivity contribution in [2.45, 2.75) is 6.04 Å². The summed E-state index contributed by atoms with van der Waals surface area (Å²) in [5, 5.41) is 4.82. The van der Waals surface area contributed by atoms with E-state index in [2.05, 4.69) is 15.5 Å². The maximum absolute atomic E-state index is 13.1. The number of amides is 1. The molecule has 0 saturated heterocycles. The molecule has 2 heterocycles. The van der Waals surface area contributed by atoms with Crippen LogP contribution in [0.2, 0.25) is 0 Å². The normalized spacial score (nSPS) is 11.9. The molecule has 2 aromatic heterocycles. The molecule has 0 saturated carbocycles. The minimum absolute atomic E-state index is 0.129. The van der Waals surface area contributed by atoms with Gasteiger partial charge in [0.25, 0.3) is 11.5 Å². The molecular formula is C16H12FN3O3. The second-order valence-electron chi connectivity index (χ2n) is 4.82. The second kappa shape index (κ2) is 6.27. The van der Waals surface area contributed by atoms with E-state index < -0.39 is 17.5 Å². The van der Waals surface area contributed by atoms with Crippen molar-refractivity contribution in [2.75, 3.05) is 0 Å². The third kappa shape index (κ3) is 3.34. The van der Waals surface area contributed by atoms with Crippen LogP contribution in [0.5, 0.6) is 0 Å². The Kier molecular flexibility index (Phi) is 4.01. The van der Waals surface area contributed by atoms with Crippen LogP contribution in [0.1, 0.15) is 27.7 Å². The average Bonchev–Trinajstić information content (AvgIpc) is 3.01. The van der Waals surface area contributed by atoms with Gasteiger partial charge in [0.05, 0.1) is 12.1 Å². The van der Waals surface area contributed by atoms with Gasteiger partial charge in [0.2, 0.25) is 5.76 Å². The lowest BCUT2D eigenvalue weighted by Gasteiger charge is -2.19. The number of nitrogens with one attached hydrogen (secondary N) is 2. The number of aromatic nitrogens is 2. The molecule has 1 amide bonds. The summed E-state index contributed by atoms with van der Waals surface area (Å²) < 4.78 is 17.9. The molecule has 23 heavy (non-hydrogen) atoms. The van der Waals surface area contributed by atoms with Crippen LogP contribution in [0.25, 0.3) is 0 Å². The van der Waals surface area contributed by atoms with E-state index in [0.29, 0.717) is 5.56 Å². The van der Waals surface area contributed by atoms with Gasteiger partial charge in [-0.05, 0) is 35.4 Å². The first-order valence-electron chi connectivity index (χ1n) is 6.78. The molecular weight excluding hydrogens is 301 g/mol. The highest BCUT2D eigenvalue weighted by Gasteiger charge is 2.20. The summed E-state index contributed by atoms with van der Waals surface area (Å²) >= 11 is 0. The molecule has 3 rings (SSSR count). The van der Waals surface area contributed by atoms with Crippen LogP contribution < -0.4 is 10.9 Å². The van der Waals surface area contributed by atoms with Gasteiger partial charge < -0.3 is 9.84 Å². The molecule has 3 aromatic rings. The van der Waals surface area contributed by atoms with Crippen molar-refractivity contribution in [2.24, 2.45) is 0 Å². The Hall–Kier alpha value is -3.22. The van der Waals surface area contributed by atoms with Crippen LogP contribution in [0.15, 0.2) is 64.2 Å². The molecule has 0 aliphatic heterocycles. The molecule has 1 aromatic carbocycles. The Balaban J connectivity index is 1.94. The molecule has 7 heteroatoms. The van der Waals surface area contributed by atoms with E-state index in [-0.39, 0.29) is 11.6 Å². The molecule has 0 fully saturated rings. The number of benzene rings is 1. The van der Waals surface area contributed by atoms with Gasteiger partial charge in [-0.2, -0.15) is 5.16 Å². The van der Waals surface area contributed by atoms with Gasteiger partial charge in [-0.3, -0.25) is 14.6 Å². The van der Waals surface area contributed by atoms with Crippen LogP contribution in [0.3, 0.4) is 0 Å². The number of H-pyrrole nitrogens is 1. The first-order chi connectivity index (χ1) is 11.1. The fraction of sp³-hybridized carbons (Fsp3) is 0.0625. The molecule has 1 atom stereocenters. The van der Waals surface area contributed by atoms with E-state index >= 15 is 0 Å². The first kappa shape index (κ1) is 14.7. The third-order valence-electron chi connectivity index (χ3n) is 3.27. The highest BCUT2D eigenvalue weighted by atomic mass is 19.1. The van der Waals surface area contributed by atoms with Gasteiger partial charge in [0.1, 0.15) is 5.82 Å². The van der Waals surface area contributed by atoms with E-state index in [1.165, 1.54) is 12.1 Å². The van der Waals surface area contributed by atoms with E-state index in [1.807, 2.05) is 0 Å². The second-order valence-corrected chi connectivity index (χ2v) is 4.82. The highest BCUT2D eigenvalue weighted by Crippen LogP contribution is 2.22. The van der Waals surface area contributed by atoms with Gasteiger partial charge in [-0.15, -0.1) is 0 Å². The lowest BCUT2D eigenvalue weighted by atomic mass is 9.99. The van der Waals surface area contributed by atoms with E-state index in [4.69, 9.17) is 4.52 Å². The van der Waals surface area contributed by atoms with Crippen LogP contribution >= 0.6 is 0 Å². The summed E-state index contributed by atoms with van der Waals surface area (Å²) in [4.78, 5) is 27.2. The molecule has 2 N–H and O–H groups in total. The highest BCUT2D eigenvalue weighted by molar-refractivity contribution is 5.91. The van der Waals surface area contributed by atoms with Crippen molar-refractivity contribution in [3.8, 4) is 0 Å². The number of hydrogen-bond donors (Lipinski definition) is 2. The van der Waals surface area contributed by atoms with Crippen LogP contribution in [-0.4, -0.2) is 16.0 Å². The lowest BCUT2D eigenvalue weighted by molar-refractivity contribution is 0.0905. The Bertz CT molecular complexity index is 856. The number of hydrogen-bond acceptors (Lipinski definition) is 4. The molecule has 0 aliphatic rings. The summed E-state index contributed by atoms with van der Waals surface area (Å²) in [5.74, 6) is -1.06. The minimum Gasteiger partial charge on any atom is -0.373 e. The number of carbonyl (C=O) groups is 1. The number of halogens is 1. The fourth-order valence-corrected chi connectivity index (χ4v) is 2.17. The van der Waals surface area contributed by atoms with Gasteiger partial charge >= 0.3 is 0 Å². The molecule has 0 spiro atoms. The zero-order valence-corrected chi connectivity index (χ0v) is 11.8.